The molecule has 9 heteroatoms. The molecule has 2 amide bonds. The average molecular weight is 511 g/mol. The molecule has 28 heavy (non-hydrogen) atoms. The van der Waals surface area contributed by atoms with E-state index in [0.717, 1.165) is 19.4 Å². The summed E-state index contributed by atoms with van der Waals surface area (Å²) in [4.78, 5) is 28.0. The number of aliphatic imine (C=N–C) groups is 1. The van der Waals surface area contributed by atoms with Crippen molar-refractivity contribution in [3.63, 3.8) is 0 Å². The average Bonchev–Trinajstić information content (AvgIpc) is 2.58. The van der Waals surface area contributed by atoms with Crippen LogP contribution in [0.5, 0.6) is 0 Å². The molecule has 0 unspecified atom stereocenters. The Balaban J connectivity index is 0.00000729. The highest BCUT2D eigenvalue weighted by atomic mass is 127. The van der Waals surface area contributed by atoms with Crippen molar-refractivity contribution in [2.45, 2.75) is 77.9 Å². The predicted octanol–water partition coefficient (Wildman–Crippen LogP) is 2.52. The Morgan fingerprint density at radius 2 is 1.68 bits per heavy atom. The molecule has 0 spiro atoms. The Hall–Kier alpha value is -1.26. The van der Waals surface area contributed by atoms with E-state index in [4.69, 9.17) is 4.74 Å². The monoisotopic (exact) mass is 511 g/mol. The number of amides is 2. The number of nitrogens with zero attached hydrogens (tertiary/aromatic N) is 1. The largest absolute Gasteiger partial charge is 0.444 e. The first kappa shape index (κ1) is 26.7. The Kier molecular flexibility index (Phi) is 14.0. The molecule has 1 fully saturated rings. The minimum Gasteiger partial charge on any atom is -0.444 e. The number of rotatable bonds is 8. The van der Waals surface area contributed by atoms with Crippen LogP contribution in [0.4, 0.5) is 4.79 Å². The lowest BCUT2D eigenvalue weighted by molar-refractivity contribution is -0.121. The zero-order valence-electron chi connectivity index (χ0n) is 17.7. The lowest BCUT2D eigenvalue weighted by atomic mass is 9.95. The quantitative estimate of drug-likeness (QED) is 0.174. The van der Waals surface area contributed by atoms with Crippen molar-refractivity contribution in [3.8, 4) is 0 Å². The minimum absolute atomic E-state index is 0. The van der Waals surface area contributed by atoms with Crippen LogP contribution >= 0.6 is 24.0 Å². The van der Waals surface area contributed by atoms with Crippen LogP contribution in [0, 0.1) is 0 Å². The van der Waals surface area contributed by atoms with Crippen molar-refractivity contribution in [1.82, 2.24) is 21.3 Å². The summed E-state index contributed by atoms with van der Waals surface area (Å²) in [6.45, 7) is 9.53. The molecule has 1 rings (SSSR count). The van der Waals surface area contributed by atoms with Crippen LogP contribution in [0.25, 0.3) is 0 Å². The third-order valence-electron chi connectivity index (χ3n) is 4.01. The van der Waals surface area contributed by atoms with Gasteiger partial charge in [0.2, 0.25) is 5.91 Å². The van der Waals surface area contributed by atoms with Gasteiger partial charge < -0.3 is 26.0 Å². The third kappa shape index (κ3) is 13.8. The Morgan fingerprint density at radius 1 is 1.04 bits per heavy atom. The number of hydrogen-bond donors (Lipinski definition) is 4. The van der Waals surface area contributed by atoms with E-state index >= 15 is 0 Å². The number of alkyl carbamates (subject to hydrolysis) is 1. The molecule has 1 aliphatic carbocycles. The fraction of sp³-hybridized carbons (Fsp3) is 0.842. The van der Waals surface area contributed by atoms with Crippen molar-refractivity contribution in [1.29, 1.82) is 0 Å². The van der Waals surface area contributed by atoms with Crippen molar-refractivity contribution >= 4 is 41.9 Å². The van der Waals surface area contributed by atoms with Crippen LogP contribution in [0.3, 0.4) is 0 Å². The fourth-order valence-corrected chi connectivity index (χ4v) is 2.82. The van der Waals surface area contributed by atoms with E-state index in [1.165, 1.54) is 19.3 Å². The molecule has 0 saturated heterocycles. The highest BCUT2D eigenvalue weighted by molar-refractivity contribution is 14.0. The molecule has 0 bridgehead atoms. The minimum atomic E-state index is -0.508. The van der Waals surface area contributed by atoms with Crippen molar-refractivity contribution in [2.24, 2.45) is 4.99 Å². The van der Waals surface area contributed by atoms with E-state index in [9.17, 15) is 9.59 Å². The van der Waals surface area contributed by atoms with E-state index in [0.29, 0.717) is 38.1 Å². The molecule has 0 radical (unpaired) electrons. The van der Waals surface area contributed by atoms with Gasteiger partial charge >= 0.3 is 6.09 Å². The first-order valence-corrected chi connectivity index (χ1v) is 10.1. The topological polar surface area (TPSA) is 104 Å². The summed E-state index contributed by atoms with van der Waals surface area (Å²) in [6, 6.07) is 0.334. The molecule has 0 aromatic heterocycles. The smallest absolute Gasteiger partial charge is 0.407 e. The Labute approximate surface area is 186 Å². The molecule has 0 aliphatic heterocycles. The summed E-state index contributed by atoms with van der Waals surface area (Å²) < 4.78 is 5.18. The maximum atomic E-state index is 12.0. The SMILES string of the molecule is CCNC(=NCCC(=O)NC1CCCCC1)NCCNC(=O)OC(C)(C)C.I. The van der Waals surface area contributed by atoms with Gasteiger partial charge in [-0.1, -0.05) is 19.3 Å². The van der Waals surface area contributed by atoms with E-state index in [1.54, 1.807) is 0 Å². The lowest BCUT2D eigenvalue weighted by Gasteiger charge is -2.22. The van der Waals surface area contributed by atoms with Crippen LogP contribution in [0.1, 0.15) is 66.2 Å². The highest BCUT2D eigenvalue weighted by Gasteiger charge is 2.16. The molecule has 8 nitrogen and oxygen atoms in total. The second-order valence-electron chi connectivity index (χ2n) is 7.77. The van der Waals surface area contributed by atoms with Crippen molar-refractivity contribution in [2.75, 3.05) is 26.2 Å². The summed E-state index contributed by atoms with van der Waals surface area (Å²) in [5.74, 6) is 0.696. The fourth-order valence-electron chi connectivity index (χ4n) is 2.82. The number of halogens is 1. The molecule has 0 aromatic carbocycles. The molecular weight excluding hydrogens is 473 g/mol. The van der Waals surface area contributed by atoms with Gasteiger partial charge in [-0.05, 0) is 40.5 Å². The highest BCUT2D eigenvalue weighted by Crippen LogP contribution is 2.17. The lowest BCUT2D eigenvalue weighted by Crippen LogP contribution is -2.42. The second kappa shape index (κ2) is 14.7. The molecule has 0 heterocycles. The van der Waals surface area contributed by atoms with Gasteiger partial charge in [-0.15, -0.1) is 24.0 Å². The maximum Gasteiger partial charge on any atom is 0.407 e. The van der Waals surface area contributed by atoms with Gasteiger partial charge in [-0.2, -0.15) is 0 Å². The van der Waals surface area contributed by atoms with Gasteiger partial charge in [0.15, 0.2) is 5.96 Å². The molecular formula is C19H38IN5O3. The van der Waals surface area contributed by atoms with Gasteiger partial charge in [0.25, 0.3) is 0 Å². The van der Waals surface area contributed by atoms with Crippen LogP contribution < -0.4 is 21.3 Å². The summed E-state index contributed by atoms with van der Waals surface area (Å²) >= 11 is 0. The zero-order chi connectivity index (χ0) is 20.1. The molecule has 0 atom stereocenters. The summed E-state index contributed by atoms with van der Waals surface area (Å²) in [5.41, 5.74) is -0.508. The van der Waals surface area contributed by atoms with Crippen LogP contribution in [-0.4, -0.2) is 55.8 Å². The van der Waals surface area contributed by atoms with E-state index < -0.39 is 11.7 Å². The van der Waals surface area contributed by atoms with Crippen molar-refractivity contribution in [3.05, 3.63) is 0 Å². The number of nitrogens with one attached hydrogen (secondary N) is 4. The normalized spacial score (nSPS) is 15.2. The van der Waals surface area contributed by atoms with Crippen molar-refractivity contribution < 1.29 is 14.3 Å². The van der Waals surface area contributed by atoms with Crippen LogP contribution in [0.2, 0.25) is 0 Å². The summed E-state index contributed by atoms with van der Waals surface area (Å²) in [6.07, 6.45) is 5.79. The molecule has 1 saturated carbocycles. The Morgan fingerprint density at radius 3 is 2.29 bits per heavy atom. The Bertz CT molecular complexity index is 488. The number of carbonyl (C=O) groups is 2. The molecule has 4 N–H and O–H groups in total. The van der Waals surface area contributed by atoms with Gasteiger partial charge in [0.05, 0.1) is 6.54 Å². The van der Waals surface area contributed by atoms with E-state index in [1.807, 2.05) is 27.7 Å². The van der Waals surface area contributed by atoms with Gasteiger partial charge in [0.1, 0.15) is 5.60 Å². The molecule has 164 valence electrons. The van der Waals surface area contributed by atoms with E-state index in [-0.39, 0.29) is 29.9 Å². The summed E-state index contributed by atoms with van der Waals surface area (Å²) in [5, 5.41) is 12.0. The van der Waals surface area contributed by atoms with Crippen LogP contribution in [0.15, 0.2) is 4.99 Å². The van der Waals surface area contributed by atoms with Gasteiger partial charge in [0, 0.05) is 32.1 Å². The van der Waals surface area contributed by atoms with Gasteiger partial charge in [-0.3, -0.25) is 9.79 Å². The first-order chi connectivity index (χ1) is 12.8. The number of hydrogen-bond acceptors (Lipinski definition) is 4. The zero-order valence-corrected chi connectivity index (χ0v) is 20.1. The molecule has 0 aromatic rings. The van der Waals surface area contributed by atoms with Crippen LogP contribution in [-0.2, 0) is 9.53 Å². The predicted molar refractivity (Wildman–Crippen MR) is 123 cm³/mol. The molecule has 1 aliphatic rings. The van der Waals surface area contributed by atoms with Gasteiger partial charge in [-0.25, -0.2) is 4.79 Å². The number of ether oxygens (including phenoxy) is 1. The number of carbonyl (C=O) groups excluding carboxylic acids is 2. The second-order valence-corrected chi connectivity index (χ2v) is 7.77. The first-order valence-electron chi connectivity index (χ1n) is 10.1. The summed E-state index contributed by atoms with van der Waals surface area (Å²) in [7, 11) is 0. The standard InChI is InChI=1S/C19H37N5O3.HI/c1-5-20-17(22-13-14-23-18(26)27-19(2,3)4)21-12-11-16(25)24-15-9-7-6-8-10-15;/h15H,5-14H2,1-4H3,(H,23,26)(H,24,25)(H2,20,21,22);1H. The third-order valence-corrected chi connectivity index (χ3v) is 4.01. The van der Waals surface area contributed by atoms with E-state index in [2.05, 4.69) is 26.3 Å². The number of guanidine groups is 1. The maximum absolute atomic E-state index is 12.0.